The van der Waals surface area contributed by atoms with Crippen LogP contribution in [0.15, 0.2) is 36.5 Å². The van der Waals surface area contributed by atoms with E-state index in [9.17, 15) is 44.6 Å². The van der Waals surface area contributed by atoms with E-state index >= 15 is 0 Å². The Labute approximate surface area is 384 Å². The highest BCUT2D eigenvalue weighted by Crippen LogP contribution is 2.47. The van der Waals surface area contributed by atoms with Crippen molar-refractivity contribution in [3.8, 4) is 0 Å². The van der Waals surface area contributed by atoms with Crippen molar-refractivity contribution in [1.82, 2.24) is 0 Å². The van der Waals surface area contributed by atoms with Gasteiger partial charge in [0.1, 0.15) is 43.2 Å². The second kappa shape index (κ2) is 36.1. The molecule has 1 aliphatic heterocycles. The monoisotopic (exact) mass is 931 g/mol. The minimum atomic E-state index is -5.14. The zero-order valence-electron chi connectivity index (χ0n) is 39.3. The first-order valence-corrected chi connectivity index (χ1v) is 26.4. The number of allylic oxidation sites excluding steroid dienone is 4. The zero-order valence-corrected chi connectivity index (χ0v) is 40.2. The van der Waals surface area contributed by atoms with Gasteiger partial charge in [0.2, 0.25) is 0 Å². The predicted molar refractivity (Wildman–Crippen MR) is 248 cm³/mol. The second-order valence-corrected chi connectivity index (χ2v) is 19.1. The number of ether oxygens (including phenoxy) is 3. The van der Waals surface area contributed by atoms with E-state index in [2.05, 4.69) is 44.2 Å². The van der Waals surface area contributed by atoms with E-state index in [1.54, 1.807) is 0 Å². The highest BCUT2D eigenvalue weighted by Gasteiger charge is 2.51. The Morgan fingerprint density at radius 3 is 1.55 bits per heavy atom. The molecular formula is C49H87O14P. The number of phosphoric acid groups is 1. The van der Waals surface area contributed by atoms with Gasteiger partial charge < -0.3 is 44.6 Å². The van der Waals surface area contributed by atoms with E-state index in [4.69, 9.17) is 23.3 Å². The topological polar surface area (TPSA) is 222 Å². The molecule has 0 aromatic carbocycles. The minimum absolute atomic E-state index is 0.0844. The first-order chi connectivity index (χ1) is 30.9. The lowest BCUT2D eigenvalue weighted by molar-refractivity contribution is -0.220. The van der Waals surface area contributed by atoms with Gasteiger partial charge in [-0.15, -0.1) is 0 Å². The predicted octanol–water partition coefficient (Wildman–Crippen LogP) is 9.16. The molecule has 1 saturated carbocycles. The Morgan fingerprint density at radius 2 is 0.984 bits per heavy atom. The number of aliphatic hydroxyl groups excluding tert-OH is 5. The van der Waals surface area contributed by atoms with E-state index in [0.29, 0.717) is 19.3 Å². The van der Waals surface area contributed by atoms with Gasteiger partial charge in [0, 0.05) is 12.8 Å². The number of hydrogen-bond acceptors (Lipinski definition) is 13. The average molecular weight is 931 g/mol. The molecule has 1 aliphatic carbocycles. The molecule has 15 heteroatoms. The number of aliphatic hydroxyl groups is 5. The van der Waals surface area contributed by atoms with Crippen LogP contribution in [0.1, 0.15) is 194 Å². The number of carbonyl (C=O) groups is 2. The Hall–Kier alpha value is -1.97. The molecule has 2 aliphatic rings. The fourth-order valence-corrected chi connectivity index (χ4v) is 8.71. The molecule has 0 bridgehead atoms. The van der Waals surface area contributed by atoms with Crippen LogP contribution in [-0.4, -0.2) is 111 Å². The van der Waals surface area contributed by atoms with Crippen LogP contribution in [0, 0.1) is 0 Å². The smallest absolute Gasteiger partial charge is 0.462 e. The number of carbonyl (C=O) groups excluding carboxylic acids is 2. The van der Waals surface area contributed by atoms with E-state index in [1.807, 2.05) is 6.08 Å². The number of unbranched alkanes of at least 4 members (excludes halogenated alkanes) is 20. The molecule has 6 N–H and O–H groups in total. The molecule has 1 heterocycles. The molecule has 0 spiro atoms. The first-order valence-electron chi connectivity index (χ1n) is 24.9. The molecule has 64 heavy (non-hydrogen) atoms. The zero-order chi connectivity index (χ0) is 46.8. The summed E-state index contributed by atoms with van der Waals surface area (Å²) in [5.74, 6) is -1.17. The molecule has 372 valence electrons. The van der Waals surface area contributed by atoms with Crippen LogP contribution in [0.2, 0.25) is 0 Å². The van der Waals surface area contributed by atoms with Gasteiger partial charge in [-0.1, -0.05) is 166 Å². The standard InChI is InChI=1S/C49H87O14P/c1-3-5-7-9-11-13-14-15-16-17-18-19-20-22-24-26-32-36-43(51)61-39(38-60-64(57,58)63-49-47(55)45(53)44(52)46(54)48(49)56)37-59-42(50)35-31-28-27-30-34-41-40(62-41)33-29-25-23-21-12-10-8-6-4-2/h12,21,25,27,29-30,39-41,44-49,52-56H,3-11,13-20,22-24,26,28,31-38H2,1-2H3,(H,57,58)/b21-12-,29-25-,30-27-/t39-,40?,41?,44?,45-,46+,47-,48-,49?/m1/s1. The fraction of sp³-hybridized carbons (Fsp3) is 0.837. The van der Waals surface area contributed by atoms with Crippen LogP contribution >= 0.6 is 7.82 Å². The van der Waals surface area contributed by atoms with E-state index < -0.39 is 75.7 Å². The van der Waals surface area contributed by atoms with E-state index in [0.717, 1.165) is 51.4 Å². The van der Waals surface area contributed by atoms with Crippen molar-refractivity contribution in [2.45, 2.75) is 249 Å². The fourth-order valence-electron chi connectivity index (χ4n) is 7.73. The van der Waals surface area contributed by atoms with Crippen LogP contribution in [-0.2, 0) is 37.4 Å². The molecular weight excluding hydrogens is 843 g/mol. The first kappa shape index (κ1) is 58.2. The number of hydrogen-bond donors (Lipinski definition) is 6. The summed E-state index contributed by atoms with van der Waals surface area (Å²) in [5, 5.41) is 50.2. The SMILES string of the molecule is CCCCC/C=C\C/C=C\CC1OC1C/C=C\CCCC(=O)OC[C@H](COP(=O)(O)OC1[C@H](O)[C@H](O)C(O)[C@H](O)[C@H]1O)OC(=O)CCCCCCCCCCCCCCCCCCC. The Balaban J connectivity index is 1.70. The third kappa shape index (κ3) is 27.6. The Kier molecular flexibility index (Phi) is 32.8. The number of phosphoric ester groups is 1. The third-order valence-electron chi connectivity index (χ3n) is 11.9. The molecule has 2 rings (SSSR count). The van der Waals surface area contributed by atoms with Crippen LogP contribution in [0.5, 0.6) is 0 Å². The maximum absolute atomic E-state index is 12.8. The van der Waals surface area contributed by atoms with Crippen LogP contribution < -0.4 is 0 Å². The molecule has 10 atom stereocenters. The van der Waals surface area contributed by atoms with Crippen molar-refractivity contribution in [2.24, 2.45) is 0 Å². The van der Waals surface area contributed by atoms with Gasteiger partial charge in [-0.3, -0.25) is 18.6 Å². The van der Waals surface area contributed by atoms with Gasteiger partial charge in [-0.25, -0.2) is 4.57 Å². The molecule has 0 amide bonds. The van der Waals surface area contributed by atoms with E-state index in [1.165, 1.54) is 96.3 Å². The van der Waals surface area contributed by atoms with Gasteiger partial charge in [-0.05, 0) is 51.4 Å². The van der Waals surface area contributed by atoms with Crippen molar-refractivity contribution < 1.29 is 67.8 Å². The minimum Gasteiger partial charge on any atom is -0.462 e. The molecule has 0 aromatic heterocycles. The summed E-state index contributed by atoms with van der Waals surface area (Å²) in [6.07, 6.45) is 29.3. The average Bonchev–Trinajstić information content (AvgIpc) is 4.04. The van der Waals surface area contributed by atoms with Crippen LogP contribution in [0.4, 0.5) is 0 Å². The summed E-state index contributed by atoms with van der Waals surface area (Å²) < 4.78 is 39.3. The third-order valence-corrected chi connectivity index (χ3v) is 12.9. The van der Waals surface area contributed by atoms with Crippen LogP contribution in [0.25, 0.3) is 0 Å². The lowest BCUT2D eigenvalue weighted by Crippen LogP contribution is -2.64. The normalized spacial score (nSPS) is 25.0. The Bertz CT molecular complexity index is 1330. The second-order valence-electron chi connectivity index (χ2n) is 17.7. The Morgan fingerprint density at radius 1 is 0.547 bits per heavy atom. The quantitative estimate of drug-likeness (QED) is 0.0111. The van der Waals surface area contributed by atoms with Gasteiger partial charge in [-0.2, -0.15) is 0 Å². The highest BCUT2D eigenvalue weighted by molar-refractivity contribution is 7.47. The van der Waals surface area contributed by atoms with Crippen molar-refractivity contribution in [3.05, 3.63) is 36.5 Å². The van der Waals surface area contributed by atoms with E-state index in [-0.39, 0.29) is 25.0 Å². The molecule has 5 unspecified atom stereocenters. The molecule has 0 aromatic rings. The van der Waals surface area contributed by atoms with Gasteiger partial charge in [0.15, 0.2) is 6.10 Å². The summed E-state index contributed by atoms with van der Waals surface area (Å²) in [7, 11) is -5.14. The van der Waals surface area contributed by atoms with Crippen molar-refractivity contribution in [1.29, 1.82) is 0 Å². The van der Waals surface area contributed by atoms with Crippen molar-refractivity contribution in [2.75, 3.05) is 13.2 Å². The molecule has 0 radical (unpaired) electrons. The summed E-state index contributed by atoms with van der Waals surface area (Å²) in [5.41, 5.74) is 0. The summed E-state index contributed by atoms with van der Waals surface area (Å²) in [6, 6.07) is 0. The van der Waals surface area contributed by atoms with Crippen molar-refractivity contribution >= 4 is 19.8 Å². The van der Waals surface area contributed by atoms with Crippen molar-refractivity contribution in [3.63, 3.8) is 0 Å². The number of esters is 2. The summed E-state index contributed by atoms with van der Waals surface area (Å²) in [4.78, 5) is 35.8. The summed E-state index contributed by atoms with van der Waals surface area (Å²) >= 11 is 0. The summed E-state index contributed by atoms with van der Waals surface area (Å²) in [6.45, 7) is 3.23. The van der Waals surface area contributed by atoms with Crippen LogP contribution in [0.3, 0.4) is 0 Å². The lowest BCUT2D eigenvalue weighted by atomic mass is 9.85. The van der Waals surface area contributed by atoms with Gasteiger partial charge >= 0.3 is 19.8 Å². The highest BCUT2D eigenvalue weighted by atomic mass is 31.2. The lowest BCUT2D eigenvalue weighted by Gasteiger charge is -2.41. The molecule has 2 fully saturated rings. The molecule has 14 nitrogen and oxygen atoms in total. The molecule has 1 saturated heterocycles. The maximum Gasteiger partial charge on any atom is 0.472 e. The van der Waals surface area contributed by atoms with Gasteiger partial charge in [0.05, 0.1) is 18.8 Å². The maximum atomic E-state index is 12.8. The number of rotatable bonds is 40. The van der Waals surface area contributed by atoms with Gasteiger partial charge in [0.25, 0.3) is 0 Å². The number of epoxide rings is 1. The largest absolute Gasteiger partial charge is 0.472 e.